The van der Waals surface area contributed by atoms with Crippen LogP contribution in [0.3, 0.4) is 0 Å². The molecule has 2 nitrogen and oxygen atoms in total. The summed E-state index contributed by atoms with van der Waals surface area (Å²) in [6, 6.07) is 0. The summed E-state index contributed by atoms with van der Waals surface area (Å²) in [4.78, 5) is 0. The van der Waals surface area contributed by atoms with Crippen LogP contribution in [0.1, 0.15) is 6.92 Å². The lowest BCUT2D eigenvalue weighted by Crippen LogP contribution is -1.91. The fourth-order valence-corrected chi connectivity index (χ4v) is 0.221. The van der Waals surface area contributed by atoms with E-state index in [1.54, 1.807) is 12.2 Å². The minimum Gasteiger partial charge on any atom is -0.391 e. The monoisotopic (exact) mass is 96.1 g/mol. The molecule has 0 saturated heterocycles. The van der Waals surface area contributed by atoms with Gasteiger partial charge in [-0.15, -0.1) is 0 Å². The summed E-state index contributed by atoms with van der Waals surface area (Å²) in [6.07, 6.45) is 3.38. The molecule has 0 spiro atoms. The summed E-state index contributed by atoms with van der Waals surface area (Å²) in [7, 11) is 0. The van der Waals surface area contributed by atoms with Gasteiger partial charge in [0, 0.05) is 5.87 Å². The molecule has 0 atom stereocenters. The van der Waals surface area contributed by atoms with E-state index >= 15 is 0 Å². The Morgan fingerprint density at radius 2 is 2.43 bits per heavy atom. The van der Waals surface area contributed by atoms with E-state index in [2.05, 4.69) is 0 Å². The lowest BCUT2D eigenvalue weighted by molar-refractivity contribution is 1.44. The highest BCUT2D eigenvalue weighted by atomic mass is 14.6. The normalized spacial score (nSPS) is 8.71. The quantitative estimate of drug-likeness (QED) is 0.365. The molecule has 0 rings (SSSR count). The van der Waals surface area contributed by atoms with Crippen molar-refractivity contribution in [3.63, 3.8) is 0 Å². The zero-order valence-corrected chi connectivity index (χ0v) is 4.23. The van der Waals surface area contributed by atoms with Crippen molar-refractivity contribution in [2.75, 3.05) is 0 Å². The SMILES string of the molecule is CC=CC(N)=C=N. The maximum Gasteiger partial charge on any atom is 0.0933 e. The lowest BCUT2D eigenvalue weighted by atomic mass is 10.4. The van der Waals surface area contributed by atoms with Crippen molar-refractivity contribution in [3.05, 3.63) is 17.8 Å². The zero-order chi connectivity index (χ0) is 5.70. The molecule has 0 aromatic carbocycles. The number of nitrogens with two attached hydrogens (primary N) is 1. The van der Waals surface area contributed by atoms with Crippen LogP contribution in [0, 0.1) is 5.41 Å². The smallest absolute Gasteiger partial charge is 0.0933 e. The predicted molar refractivity (Wildman–Crippen MR) is 30.2 cm³/mol. The molecule has 0 radical (unpaired) electrons. The molecule has 3 N–H and O–H groups in total. The molecule has 7 heavy (non-hydrogen) atoms. The minimum absolute atomic E-state index is 0.363. The summed E-state index contributed by atoms with van der Waals surface area (Å²) in [5.74, 6) is 2.02. The second kappa shape index (κ2) is 3.19. The van der Waals surface area contributed by atoms with Crippen LogP contribution in [0.5, 0.6) is 0 Å². The van der Waals surface area contributed by atoms with Gasteiger partial charge in [-0.1, -0.05) is 6.08 Å². The van der Waals surface area contributed by atoms with Crippen molar-refractivity contribution in [2.45, 2.75) is 6.92 Å². The van der Waals surface area contributed by atoms with Gasteiger partial charge < -0.3 is 5.73 Å². The molecule has 0 amide bonds. The summed E-state index contributed by atoms with van der Waals surface area (Å²) in [6.45, 7) is 1.84. The molecular formula is C5H8N2. The third-order valence-corrected chi connectivity index (χ3v) is 0.491. The Kier molecular flexibility index (Phi) is 2.73. The molecule has 0 bridgehead atoms. The van der Waals surface area contributed by atoms with Gasteiger partial charge in [-0.3, -0.25) is 5.41 Å². The number of hydrogen-bond acceptors (Lipinski definition) is 2. The summed E-state index contributed by atoms with van der Waals surface area (Å²) >= 11 is 0. The van der Waals surface area contributed by atoms with E-state index in [0.717, 1.165) is 0 Å². The van der Waals surface area contributed by atoms with Gasteiger partial charge in [0.05, 0.1) is 5.70 Å². The Morgan fingerprint density at radius 1 is 1.86 bits per heavy atom. The van der Waals surface area contributed by atoms with E-state index in [1.807, 2.05) is 12.8 Å². The Bertz CT molecular complexity index is 118. The topological polar surface area (TPSA) is 49.9 Å². The van der Waals surface area contributed by atoms with E-state index < -0.39 is 0 Å². The van der Waals surface area contributed by atoms with Gasteiger partial charge in [0.1, 0.15) is 0 Å². The molecule has 0 aliphatic carbocycles. The molecule has 0 aliphatic rings. The average Bonchev–Trinajstić information content (AvgIpc) is 1.68. The minimum atomic E-state index is 0.363. The Hall–Kier alpha value is -1.01. The van der Waals surface area contributed by atoms with Crippen molar-refractivity contribution < 1.29 is 0 Å². The van der Waals surface area contributed by atoms with Gasteiger partial charge >= 0.3 is 0 Å². The van der Waals surface area contributed by atoms with Crippen LogP contribution in [0.2, 0.25) is 0 Å². The van der Waals surface area contributed by atoms with Crippen LogP contribution in [0.4, 0.5) is 0 Å². The van der Waals surface area contributed by atoms with Gasteiger partial charge in [0.15, 0.2) is 0 Å². The van der Waals surface area contributed by atoms with Crippen molar-refractivity contribution in [3.8, 4) is 0 Å². The molecule has 0 fully saturated rings. The summed E-state index contributed by atoms with van der Waals surface area (Å²) in [5.41, 5.74) is 5.48. The first-order valence-electron chi connectivity index (χ1n) is 1.99. The van der Waals surface area contributed by atoms with Crippen LogP contribution in [-0.4, -0.2) is 5.87 Å². The maximum atomic E-state index is 6.45. The summed E-state index contributed by atoms with van der Waals surface area (Å²) < 4.78 is 0. The molecule has 0 aliphatic heterocycles. The van der Waals surface area contributed by atoms with Crippen molar-refractivity contribution in [1.29, 1.82) is 5.41 Å². The molecule has 0 heterocycles. The standard InChI is InChI=1S/C5H8N2/c1-2-3-5(7)4-6/h2-3,6H,7H2,1H3. The van der Waals surface area contributed by atoms with Gasteiger partial charge in [0.25, 0.3) is 0 Å². The number of hydrogen-bond donors (Lipinski definition) is 2. The third kappa shape index (κ3) is 2.80. The van der Waals surface area contributed by atoms with E-state index in [4.69, 9.17) is 11.1 Å². The fourth-order valence-electron chi connectivity index (χ4n) is 0.221. The first kappa shape index (κ1) is 5.99. The van der Waals surface area contributed by atoms with Gasteiger partial charge in [0.2, 0.25) is 0 Å². The predicted octanol–water partition coefficient (Wildman–Crippen LogP) is 0.654. The van der Waals surface area contributed by atoms with Crippen LogP contribution >= 0.6 is 0 Å². The highest BCUT2D eigenvalue weighted by Crippen LogP contribution is 1.75. The molecule has 2 heteroatoms. The molecule has 0 unspecified atom stereocenters. The lowest BCUT2D eigenvalue weighted by Gasteiger charge is -1.76. The third-order valence-electron chi connectivity index (χ3n) is 0.491. The second-order valence-electron chi connectivity index (χ2n) is 1.08. The van der Waals surface area contributed by atoms with E-state index in [1.165, 1.54) is 0 Å². The van der Waals surface area contributed by atoms with Crippen LogP contribution in [-0.2, 0) is 0 Å². The molecule has 0 aromatic rings. The van der Waals surface area contributed by atoms with Crippen LogP contribution in [0.25, 0.3) is 0 Å². The van der Waals surface area contributed by atoms with Gasteiger partial charge in [-0.2, -0.15) is 0 Å². The number of nitrogens with one attached hydrogen (secondary N) is 1. The van der Waals surface area contributed by atoms with Crippen molar-refractivity contribution >= 4 is 5.87 Å². The van der Waals surface area contributed by atoms with Crippen LogP contribution in [0.15, 0.2) is 17.8 Å². The first-order chi connectivity index (χ1) is 3.31. The Balaban J connectivity index is 3.83. The number of allylic oxidation sites excluding steroid dienone is 2. The molecular weight excluding hydrogens is 88.1 g/mol. The van der Waals surface area contributed by atoms with Crippen molar-refractivity contribution in [2.24, 2.45) is 5.73 Å². The fraction of sp³-hybridized carbons (Fsp3) is 0.200. The van der Waals surface area contributed by atoms with Crippen LogP contribution < -0.4 is 5.73 Å². The highest BCUT2D eigenvalue weighted by molar-refractivity contribution is 5.56. The molecule has 0 saturated carbocycles. The second-order valence-corrected chi connectivity index (χ2v) is 1.08. The number of rotatable bonds is 1. The first-order valence-corrected chi connectivity index (χ1v) is 1.99. The van der Waals surface area contributed by atoms with E-state index in [0.29, 0.717) is 5.70 Å². The molecule has 38 valence electrons. The largest absolute Gasteiger partial charge is 0.391 e. The van der Waals surface area contributed by atoms with E-state index in [9.17, 15) is 0 Å². The zero-order valence-electron chi connectivity index (χ0n) is 4.23. The summed E-state index contributed by atoms with van der Waals surface area (Å²) in [5, 5.41) is 6.45. The van der Waals surface area contributed by atoms with Crippen molar-refractivity contribution in [1.82, 2.24) is 0 Å². The Morgan fingerprint density at radius 3 is 2.57 bits per heavy atom. The van der Waals surface area contributed by atoms with Gasteiger partial charge in [-0.25, -0.2) is 0 Å². The van der Waals surface area contributed by atoms with Gasteiger partial charge in [-0.05, 0) is 13.0 Å². The van der Waals surface area contributed by atoms with E-state index in [-0.39, 0.29) is 0 Å². The maximum absolute atomic E-state index is 6.45. The Labute approximate surface area is 42.8 Å². The molecule has 0 aromatic heterocycles. The highest BCUT2D eigenvalue weighted by Gasteiger charge is 1.69. The average molecular weight is 96.1 g/mol.